The number of ketones is 1. The lowest BCUT2D eigenvalue weighted by Gasteiger charge is -2.31. The Balaban J connectivity index is 1.62. The first-order valence-electron chi connectivity index (χ1n) is 9.68. The van der Waals surface area contributed by atoms with Crippen molar-refractivity contribution in [2.45, 2.75) is 39.5 Å². The second-order valence-electron chi connectivity index (χ2n) is 7.23. The summed E-state index contributed by atoms with van der Waals surface area (Å²) in [7, 11) is 0. The van der Waals surface area contributed by atoms with Crippen molar-refractivity contribution < 1.29 is 14.3 Å². The zero-order chi connectivity index (χ0) is 19.4. The maximum Gasteiger partial charge on any atom is 0.340 e. The smallest absolute Gasteiger partial charge is 0.340 e. The van der Waals surface area contributed by atoms with Crippen LogP contribution in [-0.2, 0) is 4.74 Å². The molecule has 0 bridgehead atoms. The van der Waals surface area contributed by atoms with Gasteiger partial charge in [-0.2, -0.15) is 0 Å². The van der Waals surface area contributed by atoms with Gasteiger partial charge in [0.25, 0.3) is 0 Å². The van der Waals surface area contributed by atoms with Crippen molar-refractivity contribution in [1.29, 1.82) is 0 Å². The van der Waals surface area contributed by atoms with Crippen molar-refractivity contribution in [2.24, 2.45) is 0 Å². The van der Waals surface area contributed by atoms with Crippen LogP contribution in [0.1, 0.15) is 63.4 Å². The molecule has 0 radical (unpaired) electrons. The number of aryl methyl sites for hydroxylation is 1. The quantitative estimate of drug-likeness (QED) is 0.621. The standard InChI is InChI=1S/C22H28N2O3/c1-4-27-22(26)20-15(2)21(23-16(20)3)19(25)14-24-12-10-18(11-13-24)17-8-6-5-7-9-17/h5-9,18,23H,4,10-14H2,1-3H3. The molecular formula is C22H28N2O3. The average Bonchev–Trinajstić information content (AvgIpc) is 2.97. The predicted molar refractivity (Wildman–Crippen MR) is 105 cm³/mol. The molecule has 2 heterocycles. The van der Waals surface area contributed by atoms with Crippen LogP contribution in [0.3, 0.4) is 0 Å². The molecule has 1 aromatic carbocycles. The molecule has 1 aromatic heterocycles. The number of rotatable bonds is 6. The molecule has 0 aliphatic carbocycles. The van der Waals surface area contributed by atoms with Crippen LogP contribution >= 0.6 is 0 Å². The van der Waals surface area contributed by atoms with Gasteiger partial charge in [-0.05, 0) is 63.7 Å². The average molecular weight is 368 g/mol. The van der Waals surface area contributed by atoms with Crippen molar-refractivity contribution >= 4 is 11.8 Å². The van der Waals surface area contributed by atoms with Gasteiger partial charge in [0.15, 0.2) is 5.78 Å². The fourth-order valence-corrected chi connectivity index (χ4v) is 3.97. The van der Waals surface area contributed by atoms with E-state index in [-0.39, 0.29) is 11.8 Å². The molecule has 0 spiro atoms. The van der Waals surface area contributed by atoms with Gasteiger partial charge < -0.3 is 9.72 Å². The topological polar surface area (TPSA) is 62.4 Å². The van der Waals surface area contributed by atoms with E-state index in [0.29, 0.717) is 41.6 Å². The number of esters is 1. The summed E-state index contributed by atoms with van der Waals surface area (Å²) >= 11 is 0. The molecule has 5 nitrogen and oxygen atoms in total. The molecule has 1 aliphatic rings. The third-order valence-corrected chi connectivity index (χ3v) is 5.42. The lowest BCUT2D eigenvalue weighted by atomic mass is 9.89. The van der Waals surface area contributed by atoms with Crippen molar-refractivity contribution in [3.05, 3.63) is 58.4 Å². The molecule has 5 heteroatoms. The fraction of sp³-hybridized carbons (Fsp3) is 0.455. The maximum atomic E-state index is 12.8. The number of ether oxygens (including phenoxy) is 1. The van der Waals surface area contributed by atoms with Crippen LogP contribution < -0.4 is 0 Å². The Kier molecular flexibility index (Phi) is 6.11. The normalized spacial score (nSPS) is 15.7. The van der Waals surface area contributed by atoms with E-state index in [0.717, 1.165) is 25.9 Å². The maximum absolute atomic E-state index is 12.8. The number of hydrogen-bond acceptors (Lipinski definition) is 4. The molecule has 2 aromatic rings. The van der Waals surface area contributed by atoms with Crippen molar-refractivity contribution in [1.82, 2.24) is 9.88 Å². The molecule has 3 rings (SSSR count). The van der Waals surface area contributed by atoms with E-state index in [1.54, 1.807) is 13.8 Å². The van der Waals surface area contributed by atoms with E-state index in [4.69, 9.17) is 4.74 Å². The largest absolute Gasteiger partial charge is 0.462 e. The number of carbonyl (C=O) groups excluding carboxylic acids is 2. The third kappa shape index (κ3) is 4.30. The Labute approximate surface area is 160 Å². The summed E-state index contributed by atoms with van der Waals surface area (Å²) < 4.78 is 5.11. The van der Waals surface area contributed by atoms with Crippen molar-refractivity contribution in [3.8, 4) is 0 Å². The van der Waals surface area contributed by atoms with Gasteiger partial charge in [-0.25, -0.2) is 4.79 Å². The Morgan fingerprint density at radius 1 is 1.15 bits per heavy atom. The number of piperidine rings is 1. The number of likely N-dealkylation sites (tertiary alicyclic amines) is 1. The summed E-state index contributed by atoms with van der Waals surface area (Å²) in [6.45, 7) is 7.92. The Bertz CT molecular complexity index is 802. The molecule has 1 saturated heterocycles. The summed E-state index contributed by atoms with van der Waals surface area (Å²) in [5.74, 6) is 0.234. The Morgan fingerprint density at radius 2 is 1.81 bits per heavy atom. The van der Waals surface area contributed by atoms with E-state index in [1.165, 1.54) is 5.56 Å². The molecule has 0 saturated carbocycles. The van der Waals surface area contributed by atoms with Crippen LogP contribution in [0.25, 0.3) is 0 Å². The van der Waals surface area contributed by atoms with Crippen LogP contribution in [0.2, 0.25) is 0 Å². The number of benzene rings is 1. The van der Waals surface area contributed by atoms with Gasteiger partial charge in [-0.3, -0.25) is 9.69 Å². The van der Waals surface area contributed by atoms with Crippen LogP contribution in [0, 0.1) is 13.8 Å². The number of aromatic nitrogens is 1. The van der Waals surface area contributed by atoms with Gasteiger partial charge in [0.2, 0.25) is 0 Å². The van der Waals surface area contributed by atoms with Crippen LogP contribution in [0.4, 0.5) is 0 Å². The number of Topliss-reactive ketones (excluding diaryl/α,β-unsaturated/α-hetero) is 1. The molecule has 1 aliphatic heterocycles. The molecule has 1 fully saturated rings. The Hall–Kier alpha value is -2.40. The number of carbonyl (C=O) groups is 2. The third-order valence-electron chi connectivity index (χ3n) is 5.42. The summed E-state index contributed by atoms with van der Waals surface area (Å²) in [5, 5.41) is 0. The van der Waals surface area contributed by atoms with Crippen molar-refractivity contribution in [2.75, 3.05) is 26.2 Å². The number of H-pyrrole nitrogens is 1. The van der Waals surface area contributed by atoms with Gasteiger partial charge in [-0.1, -0.05) is 30.3 Å². The zero-order valence-electron chi connectivity index (χ0n) is 16.4. The van der Waals surface area contributed by atoms with Crippen molar-refractivity contribution in [3.63, 3.8) is 0 Å². The zero-order valence-corrected chi connectivity index (χ0v) is 16.4. The van der Waals surface area contributed by atoms with Gasteiger partial charge in [-0.15, -0.1) is 0 Å². The number of nitrogens with zero attached hydrogens (tertiary/aromatic N) is 1. The lowest BCUT2D eigenvalue weighted by molar-refractivity contribution is 0.0525. The molecule has 1 N–H and O–H groups in total. The first kappa shape index (κ1) is 19.4. The minimum atomic E-state index is -0.369. The Morgan fingerprint density at radius 3 is 2.44 bits per heavy atom. The number of aromatic amines is 1. The van der Waals surface area contributed by atoms with Gasteiger partial charge >= 0.3 is 5.97 Å². The molecule has 0 atom stereocenters. The van der Waals surface area contributed by atoms with Crippen LogP contribution in [0.15, 0.2) is 30.3 Å². The van der Waals surface area contributed by atoms with Crippen LogP contribution in [-0.4, -0.2) is 47.9 Å². The fourth-order valence-electron chi connectivity index (χ4n) is 3.97. The van der Waals surface area contributed by atoms with E-state index in [1.807, 2.05) is 13.0 Å². The number of nitrogens with one attached hydrogen (secondary N) is 1. The SMILES string of the molecule is CCOC(=O)c1c(C)[nH]c(C(=O)CN2CCC(c3ccccc3)CC2)c1C. The van der Waals surface area contributed by atoms with E-state index in [2.05, 4.69) is 34.1 Å². The molecule has 144 valence electrons. The first-order chi connectivity index (χ1) is 13.0. The highest BCUT2D eigenvalue weighted by atomic mass is 16.5. The predicted octanol–water partition coefficient (Wildman–Crippen LogP) is 3.87. The van der Waals surface area contributed by atoms with Gasteiger partial charge in [0, 0.05) is 5.69 Å². The number of hydrogen-bond donors (Lipinski definition) is 1. The van der Waals surface area contributed by atoms with E-state index >= 15 is 0 Å². The van der Waals surface area contributed by atoms with E-state index in [9.17, 15) is 9.59 Å². The molecule has 0 unspecified atom stereocenters. The highest BCUT2D eigenvalue weighted by Crippen LogP contribution is 2.28. The molecule has 0 amide bonds. The monoisotopic (exact) mass is 368 g/mol. The first-order valence-corrected chi connectivity index (χ1v) is 9.68. The van der Waals surface area contributed by atoms with Gasteiger partial charge in [0.05, 0.1) is 24.4 Å². The summed E-state index contributed by atoms with van der Waals surface area (Å²) in [5.41, 5.74) is 3.79. The summed E-state index contributed by atoms with van der Waals surface area (Å²) in [6.07, 6.45) is 2.13. The van der Waals surface area contributed by atoms with Crippen LogP contribution in [0.5, 0.6) is 0 Å². The molecular weight excluding hydrogens is 340 g/mol. The van der Waals surface area contributed by atoms with Gasteiger partial charge in [0.1, 0.15) is 0 Å². The summed E-state index contributed by atoms with van der Waals surface area (Å²) in [6, 6.07) is 10.6. The minimum Gasteiger partial charge on any atom is -0.462 e. The highest BCUT2D eigenvalue weighted by Gasteiger charge is 2.26. The highest BCUT2D eigenvalue weighted by molar-refractivity contribution is 6.02. The minimum absolute atomic E-state index is 0.0318. The second kappa shape index (κ2) is 8.53. The van der Waals surface area contributed by atoms with E-state index < -0.39 is 0 Å². The lowest BCUT2D eigenvalue weighted by Crippen LogP contribution is -2.37. The summed E-state index contributed by atoms with van der Waals surface area (Å²) in [4.78, 5) is 30.2. The second-order valence-corrected chi connectivity index (χ2v) is 7.23. The molecule has 27 heavy (non-hydrogen) atoms.